The zero-order valence-corrected chi connectivity index (χ0v) is 15.4. The second kappa shape index (κ2) is 8.13. The fraction of sp³-hybridized carbons (Fsp3) is 0.312. The number of carbonyl (C=O) groups is 1. The average molecular weight is 406 g/mol. The summed E-state index contributed by atoms with van der Waals surface area (Å²) in [4.78, 5) is 30.3. The number of anilines is 1. The number of H-pyrrole nitrogens is 1. The van der Waals surface area contributed by atoms with Gasteiger partial charge in [0, 0.05) is 11.1 Å². The molecule has 10 heteroatoms. The van der Waals surface area contributed by atoms with E-state index >= 15 is 0 Å². The number of alkyl halides is 3. The summed E-state index contributed by atoms with van der Waals surface area (Å²) in [6, 6.07) is 4.29. The second-order valence-electron chi connectivity index (χ2n) is 5.65. The number of carbonyl (C=O) groups excluding carboxylic acids is 1. The summed E-state index contributed by atoms with van der Waals surface area (Å²) in [6.45, 7) is 3.72. The topological polar surface area (TPSA) is 74.8 Å². The van der Waals surface area contributed by atoms with Crippen LogP contribution in [0.1, 0.15) is 31.0 Å². The minimum Gasteiger partial charge on any atom is -0.325 e. The normalized spacial score (nSPS) is 11.7. The molecule has 0 atom stereocenters. The van der Waals surface area contributed by atoms with Crippen LogP contribution in [0.25, 0.3) is 0 Å². The first-order valence-electron chi connectivity index (χ1n) is 7.47. The molecule has 2 aromatic rings. The van der Waals surface area contributed by atoms with E-state index in [0.717, 1.165) is 30.0 Å². The van der Waals surface area contributed by atoms with Gasteiger partial charge in [0.15, 0.2) is 5.16 Å². The Morgan fingerprint density at radius 1 is 1.35 bits per heavy atom. The van der Waals surface area contributed by atoms with E-state index in [1.54, 1.807) is 0 Å². The molecule has 0 unspecified atom stereocenters. The Kier molecular flexibility index (Phi) is 6.35. The second-order valence-corrected chi connectivity index (χ2v) is 7.06. The number of benzene rings is 1. The number of thioether (sulfide) groups is 1. The number of aromatic nitrogens is 2. The zero-order chi connectivity index (χ0) is 19.5. The van der Waals surface area contributed by atoms with Crippen molar-refractivity contribution < 1.29 is 18.0 Å². The third kappa shape index (κ3) is 5.50. The van der Waals surface area contributed by atoms with Crippen LogP contribution < -0.4 is 10.9 Å². The molecule has 26 heavy (non-hydrogen) atoms. The van der Waals surface area contributed by atoms with Gasteiger partial charge in [-0.15, -0.1) is 0 Å². The highest BCUT2D eigenvalue weighted by Gasteiger charge is 2.34. The van der Waals surface area contributed by atoms with Gasteiger partial charge in [0.25, 0.3) is 5.56 Å². The summed E-state index contributed by atoms with van der Waals surface area (Å²) in [5.41, 5.74) is -1.21. The summed E-state index contributed by atoms with van der Waals surface area (Å²) in [7, 11) is 0. The molecule has 1 heterocycles. The number of amides is 1. The Morgan fingerprint density at radius 2 is 2.04 bits per heavy atom. The van der Waals surface area contributed by atoms with E-state index in [-0.39, 0.29) is 27.4 Å². The van der Waals surface area contributed by atoms with Crippen molar-refractivity contribution in [3.05, 3.63) is 50.9 Å². The molecule has 0 saturated heterocycles. The predicted octanol–water partition coefficient (Wildman–Crippen LogP) is 4.30. The quantitative estimate of drug-likeness (QED) is 0.574. The molecule has 1 aromatic carbocycles. The van der Waals surface area contributed by atoms with Gasteiger partial charge >= 0.3 is 6.18 Å². The van der Waals surface area contributed by atoms with Crippen LogP contribution in [0.2, 0.25) is 5.02 Å². The maximum absolute atomic E-state index is 13.0. The highest BCUT2D eigenvalue weighted by atomic mass is 35.5. The third-order valence-corrected chi connectivity index (χ3v) is 4.34. The first-order valence-corrected chi connectivity index (χ1v) is 8.83. The Balaban J connectivity index is 2.11. The molecule has 0 radical (unpaired) electrons. The van der Waals surface area contributed by atoms with Crippen LogP contribution in [0.3, 0.4) is 0 Å². The van der Waals surface area contributed by atoms with Gasteiger partial charge in [-0.2, -0.15) is 13.2 Å². The molecule has 140 valence electrons. The first-order chi connectivity index (χ1) is 12.1. The summed E-state index contributed by atoms with van der Waals surface area (Å²) in [5, 5.41) is 2.48. The summed E-state index contributed by atoms with van der Waals surface area (Å²) in [5.74, 6) is -0.888. The molecular formula is C16H15ClF3N3O2S. The van der Waals surface area contributed by atoms with Crippen molar-refractivity contribution in [2.75, 3.05) is 11.1 Å². The van der Waals surface area contributed by atoms with Gasteiger partial charge < -0.3 is 10.3 Å². The van der Waals surface area contributed by atoms with Crippen LogP contribution in [0.15, 0.2) is 34.2 Å². The van der Waals surface area contributed by atoms with Crippen molar-refractivity contribution in [3.63, 3.8) is 0 Å². The fourth-order valence-corrected chi connectivity index (χ4v) is 2.86. The van der Waals surface area contributed by atoms with Crippen molar-refractivity contribution >= 4 is 35.0 Å². The van der Waals surface area contributed by atoms with Crippen LogP contribution in [0.4, 0.5) is 18.9 Å². The minimum absolute atomic E-state index is 0.0197. The number of hydrogen-bond acceptors (Lipinski definition) is 4. The molecule has 1 aromatic heterocycles. The Hall–Kier alpha value is -2.00. The molecule has 2 N–H and O–H groups in total. The number of halogens is 4. The predicted molar refractivity (Wildman–Crippen MR) is 94.8 cm³/mol. The number of aromatic amines is 1. The fourth-order valence-electron chi connectivity index (χ4n) is 2.00. The molecule has 1 amide bonds. The molecule has 0 aliphatic carbocycles. The van der Waals surface area contributed by atoms with Crippen LogP contribution in [0.5, 0.6) is 0 Å². The summed E-state index contributed by atoms with van der Waals surface area (Å²) >= 11 is 6.63. The van der Waals surface area contributed by atoms with Gasteiger partial charge in [-0.1, -0.05) is 37.2 Å². The van der Waals surface area contributed by atoms with Crippen LogP contribution >= 0.6 is 23.4 Å². The molecule has 0 saturated carbocycles. The number of nitrogens with one attached hydrogen (secondary N) is 2. The Labute approximate surface area is 156 Å². The summed E-state index contributed by atoms with van der Waals surface area (Å²) < 4.78 is 39.0. The van der Waals surface area contributed by atoms with Crippen molar-refractivity contribution in [3.8, 4) is 0 Å². The molecule has 0 bridgehead atoms. The number of nitrogens with zero attached hydrogens (tertiary/aromatic N) is 1. The van der Waals surface area contributed by atoms with Crippen molar-refractivity contribution in [1.82, 2.24) is 9.97 Å². The first kappa shape index (κ1) is 20.3. The lowest BCUT2D eigenvalue weighted by molar-refractivity contribution is -0.137. The van der Waals surface area contributed by atoms with Gasteiger partial charge in [-0.05, 0) is 24.1 Å². The maximum atomic E-state index is 13.0. The van der Waals surface area contributed by atoms with E-state index in [9.17, 15) is 22.8 Å². The molecule has 0 fully saturated rings. The molecule has 5 nitrogen and oxygen atoms in total. The van der Waals surface area contributed by atoms with E-state index < -0.39 is 23.3 Å². The van der Waals surface area contributed by atoms with E-state index in [2.05, 4.69) is 15.3 Å². The van der Waals surface area contributed by atoms with E-state index in [4.69, 9.17) is 11.6 Å². The Bertz CT molecular complexity index is 869. The van der Waals surface area contributed by atoms with Crippen molar-refractivity contribution in [1.29, 1.82) is 0 Å². The van der Waals surface area contributed by atoms with Crippen LogP contribution in [-0.4, -0.2) is 21.6 Å². The lowest BCUT2D eigenvalue weighted by atomic mass is 10.1. The average Bonchev–Trinajstić information content (AvgIpc) is 2.51. The highest BCUT2D eigenvalue weighted by Crippen LogP contribution is 2.36. The van der Waals surface area contributed by atoms with Gasteiger partial charge in [0.2, 0.25) is 5.91 Å². The van der Waals surface area contributed by atoms with E-state index in [1.807, 2.05) is 13.8 Å². The van der Waals surface area contributed by atoms with Gasteiger partial charge in [0.05, 0.1) is 22.7 Å². The van der Waals surface area contributed by atoms with Gasteiger partial charge in [0.1, 0.15) is 0 Å². The number of rotatable bonds is 5. The lowest BCUT2D eigenvalue weighted by Crippen LogP contribution is -2.19. The summed E-state index contributed by atoms with van der Waals surface area (Å²) in [6.07, 6.45) is -4.63. The van der Waals surface area contributed by atoms with Crippen LogP contribution in [0, 0.1) is 0 Å². The van der Waals surface area contributed by atoms with Crippen LogP contribution in [-0.2, 0) is 11.0 Å². The standard InChI is InChI=1S/C16H15ClF3N3O2S/c1-8(2)11-6-13(24)23-15(22-11)26-7-14(25)21-12-5-9(17)3-4-10(12)16(18,19)20/h3-6,8H,7H2,1-2H3,(H,21,25)(H,22,23,24). The van der Waals surface area contributed by atoms with Gasteiger partial charge in [-0.25, -0.2) is 4.98 Å². The van der Waals surface area contributed by atoms with E-state index in [1.165, 1.54) is 6.07 Å². The zero-order valence-electron chi connectivity index (χ0n) is 13.8. The molecular weight excluding hydrogens is 391 g/mol. The van der Waals surface area contributed by atoms with Crippen molar-refractivity contribution in [2.45, 2.75) is 31.1 Å². The molecule has 0 aliphatic heterocycles. The smallest absolute Gasteiger partial charge is 0.325 e. The third-order valence-electron chi connectivity index (χ3n) is 3.23. The molecule has 0 spiro atoms. The monoisotopic (exact) mass is 405 g/mol. The highest BCUT2D eigenvalue weighted by molar-refractivity contribution is 7.99. The minimum atomic E-state index is -4.63. The molecule has 0 aliphatic rings. The SMILES string of the molecule is CC(C)c1cc(=O)[nH]c(SCC(=O)Nc2cc(Cl)ccc2C(F)(F)F)n1. The largest absolute Gasteiger partial charge is 0.418 e. The van der Waals surface area contributed by atoms with Crippen molar-refractivity contribution in [2.24, 2.45) is 0 Å². The maximum Gasteiger partial charge on any atom is 0.418 e. The van der Waals surface area contributed by atoms with Gasteiger partial charge in [-0.3, -0.25) is 9.59 Å². The van der Waals surface area contributed by atoms with E-state index in [0.29, 0.717) is 5.69 Å². The Morgan fingerprint density at radius 3 is 2.65 bits per heavy atom. The molecule has 2 rings (SSSR count). The lowest BCUT2D eigenvalue weighted by Gasteiger charge is -2.14. The number of hydrogen-bond donors (Lipinski definition) is 2.